The summed E-state index contributed by atoms with van der Waals surface area (Å²) in [7, 11) is -3.54. The summed E-state index contributed by atoms with van der Waals surface area (Å²) in [5, 5.41) is 0.394. The summed E-state index contributed by atoms with van der Waals surface area (Å²) >= 11 is 9.30. The number of aromatic nitrogens is 1. The van der Waals surface area contributed by atoms with Crippen molar-refractivity contribution in [2.24, 2.45) is 0 Å². The Morgan fingerprint density at radius 2 is 2.05 bits per heavy atom. The smallest absolute Gasteiger partial charge is 0.184 e. The number of anilines is 1. The average Bonchev–Trinajstić information content (AvgIpc) is 2.33. The summed E-state index contributed by atoms with van der Waals surface area (Å²) in [6, 6.07) is 6.45. The second-order valence-electron chi connectivity index (χ2n) is 3.91. The highest BCUT2D eigenvalue weighted by atomic mass is 79.9. The molecule has 0 atom stereocenters. The quantitative estimate of drug-likeness (QED) is 0.912. The number of hydrogen-bond acceptors (Lipinski definition) is 4. The fourth-order valence-corrected chi connectivity index (χ4v) is 3.91. The third-order valence-electron chi connectivity index (χ3n) is 2.51. The van der Waals surface area contributed by atoms with Crippen LogP contribution in [0.3, 0.4) is 0 Å². The lowest BCUT2D eigenvalue weighted by Crippen LogP contribution is -2.08. The number of rotatable bonds is 3. The van der Waals surface area contributed by atoms with Crippen LogP contribution in [0.5, 0.6) is 0 Å². The Bertz CT molecular complexity index is 719. The Kier molecular flexibility index (Phi) is 4.13. The van der Waals surface area contributed by atoms with Crippen LogP contribution in [0, 0.1) is 0 Å². The molecule has 4 nitrogen and oxygen atoms in total. The van der Waals surface area contributed by atoms with Crippen LogP contribution < -0.4 is 5.73 Å². The summed E-state index contributed by atoms with van der Waals surface area (Å²) in [5.74, 6) is -0.201. The molecule has 100 valence electrons. The lowest BCUT2D eigenvalue weighted by molar-refractivity contribution is 0.595. The Balaban J connectivity index is 2.40. The van der Waals surface area contributed by atoms with Gasteiger partial charge < -0.3 is 5.73 Å². The van der Waals surface area contributed by atoms with Crippen LogP contribution in [-0.4, -0.2) is 13.4 Å². The lowest BCUT2D eigenvalue weighted by atomic mass is 10.2. The first-order valence-corrected chi connectivity index (χ1v) is 8.08. The molecular weight excluding hydrogens is 352 g/mol. The van der Waals surface area contributed by atoms with Gasteiger partial charge in [-0.25, -0.2) is 8.42 Å². The highest BCUT2D eigenvalue weighted by Crippen LogP contribution is 2.27. The monoisotopic (exact) mass is 360 g/mol. The van der Waals surface area contributed by atoms with Crippen LogP contribution in [0.2, 0.25) is 5.02 Å². The molecule has 2 aromatic rings. The molecule has 0 aliphatic rings. The SMILES string of the molecule is Nc1cnccc1S(=O)(=O)Cc1ccc(Br)cc1Cl. The normalized spacial score (nSPS) is 11.5. The van der Waals surface area contributed by atoms with E-state index in [1.165, 1.54) is 18.5 Å². The fraction of sp³-hybridized carbons (Fsp3) is 0.0833. The van der Waals surface area contributed by atoms with Crippen LogP contribution in [0.4, 0.5) is 5.69 Å². The third-order valence-corrected chi connectivity index (χ3v) is 5.08. The molecular formula is C12H10BrClN2O2S. The molecule has 0 radical (unpaired) electrons. The largest absolute Gasteiger partial charge is 0.396 e. The molecule has 1 aromatic heterocycles. The van der Waals surface area contributed by atoms with Crippen LogP contribution in [0.1, 0.15) is 5.56 Å². The van der Waals surface area contributed by atoms with Crippen molar-refractivity contribution in [3.8, 4) is 0 Å². The van der Waals surface area contributed by atoms with Gasteiger partial charge in [-0.3, -0.25) is 4.98 Å². The first-order chi connectivity index (χ1) is 8.90. The summed E-state index contributed by atoms with van der Waals surface area (Å²) in [6.07, 6.45) is 2.71. The molecule has 1 aromatic carbocycles. The first kappa shape index (κ1) is 14.3. The van der Waals surface area contributed by atoms with Crippen molar-refractivity contribution < 1.29 is 8.42 Å². The van der Waals surface area contributed by atoms with E-state index in [0.29, 0.717) is 10.6 Å². The van der Waals surface area contributed by atoms with E-state index in [-0.39, 0.29) is 16.3 Å². The highest BCUT2D eigenvalue weighted by molar-refractivity contribution is 9.10. The first-order valence-electron chi connectivity index (χ1n) is 5.26. The molecule has 1 heterocycles. The number of pyridine rings is 1. The molecule has 0 spiro atoms. The van der Waals surface area contributed by atoms with Crippen LogP contribution in [-0.2, 0) is 15.6 Å². The Morgan fingerprint density at radius 3 is 2.68 bits per heavy atom. The number of hydrogen-bond donors (Lipinski definition) is 1. The summed E-state index contributed by atoms with van der Waals surface area (Å²) in [4.78, 5) is 3.84. The van der Waals surface area contributed by atoms with Crippen molar-refractivity contribution in [2.45, 2.75) is 10.6 Å². The Morgan fingerprint density at radius 1 is 1.32 bits per heavy atom. The summed E-state index contributed by atoms with van der Waals surface area (Å²) < 4.78 is 25.4. The third kappa shape index (κ3) is 3.26. The minimum Gasteiger partial charge on any atom is -0.396 e. The van der Waals surface area contributed by atoms with Crippen LogP contribution >= 0.6 is 27.5 Å². The van der Waals surface area contributed by atoms with Crippen molar-refractivity contribution >= 4 is 43.1 Å². The number of sulfone groups is 1. The molecule has 0 fully saturated rings. The molecule has 2 N–H and O–H groups in total. The predicted octanol–water partition coefficient (Wildman–Crippen LogP) is 3.05. The van der Waals surface area contributed by atoms with Gasteiger partial charge in [-0.05, 0) is 23.8 Å². The zero-order valence-electron chi connectivity index (χ0n) is 9.68. The predicted molar refractivity (Wildman–Crippen MR) is 78.7 cm³/mol. The van der Waals surface area contributed by atoms with E-state index in [1.807, 2.05) is 0 Å². The second kappa shape index (κ2) is 5.48. The molecule has 0 aliphatic heterocycles. The van der Waals surface area contributed by atoms with E-state index in [0.717, 1.165) is 4.47 Å². The van der Waals surface area contributed by atoms with E-state index < -0.39 is 9.84 Å². The number of halogens is 2. The maximum absolute atomic E-state index is 12.3. The number of nitrogens with two attached hydrogens (primary N) is 1. The molecule has 0 saturated heterocycles. The number of benzene rings is 1. The van der Waals surface area contributed by atoms with Gasteiger partial charge in [-0.2, -0.15) is 0 Å². The van der Waals surface area contributed by atoms with E-state index in [4.69, 9.17) is 17.3 Å². The summed E-state index contributed by atoms with van der Waals surface area (Å²) in [6.45, 7) is 0. The van der Waals surface area contributed by atoms with Crippen molar-refractivity contribution in [3.63, 3.8) is 0 Å². The van der Waals surface area contributed by atoms with Gasteiger partial charge in [0.2, 0.25) is 0 Å². The van der Waals surface area contributed by atoms with Gasteiger partial charge in [0.15, 0.2) is 9.84 Å². The topological polar surface area (TPSA) is 73.0 Å². The molecule has 0 saturated carbocycles. The zero-order chi connectivity index (χ0) is 14.0. The van der Waals surface area contributed by atoms with Crippen LogP contribution in [0.15, 0.2) is 46.0 Å². The van der Waals surface area contributed by atoms with Crippen molar-refractivity contribution in [2.75, 3.05) is 5.73 Å². The molecule has 19 heavy (non-hydrogen) atoms. The number of nitrogen functional groups attached to an aromatic ring is 1. The van der Waals surface area contributed by atoms with Crippen molar-refractivity contribution in [1.82, 2.24) is 4.98 Å². The Labute approximate surface area is 124 Å². The molecule has 0 aliphatic carbocycles. The fourth-order valence-electron chi connectivity index (χ4n) is 1.60. The van der Waals surface area contributed by atoms with E-state index >= 15 is 0 Å². The average molecular weight is 362 g/mol. The summed E-state index contributed by atoms with van der Waals surface area (Å²) in [5.41, 5.74) is 6.30. The minimum atomic E-state index is -3.54. The van der Waals surface area contributed by atoms with Gasteiger partial charge >= 0.3 is 0 Å². The highest BCUT2D eigenvalue weighted by Gasteiger charge is 2.19. The van der Waals surface area contributed by atoms with Gasteiger partial charge in [-0.15, -0.1) is 0 Å². The standard InChI is InChI=1S/C12H10BrClN2O2S/c13-9-2-1-8(10(14)5-9)7-19(17,18)12-3-4-16-6-11(12)15/h1-6H,7,15H2. The minimum absolute atomic E-state index is 0.0708. The zero-order valence-corrected chi connectivity index (χ0v) is 12.8. The lowest BCUT2D eigenvalue weighted by Gasteiger charge is -2.08. The van der Waals surface area contributed by atoms with Gasteiger partial charge in [0.1, 0.15) is 0 Å². The van der Waals surface area contributed by atoms with Gasteiger partial charge in [-0.1, -0.05) is 33.6 Å². The molecule has 7 heteroatoms. The Hall–Kier alpha value is -1.11. The van der Waals surface area contributed by atoms with Gasteiger partial charge in [0.25, 0.3) is 0 Å². The second-order valence-corrected chi connectivity index (χ2v) is 7.19. The molecule has 0 bridgehead atoms. The molecule has 0 unspecified atom stereocenters. The number of nitrogens with zero attached hydrogens (tertiary/aromatic N) is 1. The van der Waals surface area contributed by atoms with Gasteiger partial charge in [0, 0.05) is 15.7 Å². The maximum Gasteiger partial charge on any atom is 0.184 e. The van der Waals surface area contributed by atoms with Crippen molar-refractivity contribution in [3.05, 3.63) is 51.7 Å². The van der Waals surface area contributed by atoms with Crippen LogP contribution in [0.25, 0.3) is 0 Å². The molecule has 2 rings (SSSR count). The van der Waals surface area contributed by atoms with E-state index in [9.17, 15) is 8.42 Å². The van der Waals surface area contributed by atoms with Gasteiger partial charge in [0.05, 0.1) is 22.5 Å². The van der Waals surface area contributed by atoms with Crippen molar-refractivity contribution in [1.29, 1.82) is 0 Å². The molecule has 0 amide bonds. The van der Waals surface area contributed by atoms with E-state index in [1.54, 1.807) is 18.2 Å². The van der Waals surface area contributed by atoms with E-state index in [2.05, 4.69) is 20.9 Å². The maximum atomic E-state index is 12.3.